The minimum atomic E-state index is -0.600. The van der Waals surface area contributed by atoms with Crippen LogP contribution in [0.3, 0.4) is 0 Å². The Morgan fingerprint density at radius 2 is 0.981 bits per heavy atom. The Labute approximate surface area is 311 Å². The maximum absolute atomic E-state index is 12.8. The Morgan fingerprint density at radius 1 is 0.577 bits per heavy atom. The summed E-state index contributed by atoms with van der Waals surface area (Å²) >= 11 is 0. The van der Waals surface area contributed by atoms with Crippen LogP contribution < -0.4 is 9.47 Å². The highest BCUT2D eigenvalue weighted by Crippen LogP contribution is 2.43. The van der Waals surface area contributed by atoms with Gasteiger partial charge < -0.3 is 28.4 Å². The standard InChI is InChI=1S/C44H62O8/c1-7-11-13-15-17-19-41(45)51-35(29-47-25-9-3)31-49-43-37-23-21-34(6)28-40(37)44(38-24-22-33(5)27-39(38)43)50-32-36(30-48-26-10-4)52-42(46)20-18-16-14-12-8-2/h9-10,21-24,27-28,35-36H,3-4,7-8,11-20,25-26,29-32H2,1-2,5-6H3. The van der Waals surface area contributed by atoms with Gasteiger partial charge in [0.25, 0.3) is 0 Å². The average Bonchev–Trinajstić information content (AvgIpc) is 3.12. The van der Waals surface area contributed by atoms with Crippen LogP contribution in [0.4, 0.5) is 0 Å². The molecule has 52 heavy (non-hydrogen) atoms. The minimum Gasteiger partial charge on any atom is -0.488 e. The van der Waals surface area contributed by atoms with Gasteiger partial charge in [-0.1, -0.05) is 113 Å². The van der Waals surface area contributed by atoms with Gasteiger partial charge in [-0.2, -0.15) is 0 Å². The molecule has 8 nitrogen and oxygen atoms in total. The van der Waals surface area contributed by atoms with Crippen LogP contribution in [-0.2, 0) is 28.5 Å². The van der Waals surface area contributed by atoms with E-state index in [0.29, 0.717) is 37.6 Å². The fourth-order valence-corrected chi connectivity index (χ4v) is 6.08. The summed E-state index contributed by atoms with van der Waals surface area (Å²) < 4.78 is 36.4. The van der Waals surface area contributed by atoms with Gasteiger partial charge in [-0.25, -0.2) is 0 Å². The third-order valence-corrected chi connectivity index (χ3v) is 8.80. The summed E-state index contributed by atoms with van der Waals surface area (Å²) in [5, 5.41) is 3.44. The van der Waals surface area contributed by atoms with Crippen LogP contribution in [-0.4, -0.2) is 63.8 Å². The van der Waals surface area contributed by atoms with E-state index in [9.17, 15) is 9.59 Å². The van der Waals surface area contributed by atoms with Gasteiger partial charge in [0.1, 0.15) is 24.7 Å². The minimum absolute atomic E-state index is 0.113. The van der Waals surface area contributed by atoms with E-state index in [-0.39, 0.29) is 38.4 Å². The largest absolute Gasteiger partial charge is 0.488 e. The average molecular weight is 719 g/mol. The lowest BCUT2D eigenvalue weighted by molar-refractivity contribution is -0.154. The van der Waals surface area contributed by atoms with Gasteiger partial charge in [-0.05, 0) is 38.8 Å². The fourth-order valence-electron chi connectivity index (χ4n) is 6.08. The van der Waals surface area contributed by atoms with Crippen molar-refractivity contribution in [2.24, 2.45) is 0 Å². The molecule has 2 unspecified atom stereocenters. The fraction of sp³-hybridized carbons (Fsp3) is 0.545. The summed E-state index contributed by atoms with van der Waals surface area (Å²) in [6.07, 6.45) is 13.4. The van der Waals surface area contributed by atoms with Gasteiger partial charge in [0, 0.05) is 34.4 Å². The SMILES string of the molecule is C=CCOCC(COc1c2ccc(C)cc2c(OCC(COCC=C)OC(=O)CCCCCCC)c2ccc(C)cc12)OC(=O)CCCCCCC. The third-order valence-electron chi connectivity index (χ3n) is 8.80. The number of aryl methyl sites for hydroxylation is 2. The topological polar surface area (TPSA) is 89.5 Å². The first-order chi connectivity index (χ1) is 25.3. The normalized spacial score (nSPS) is 12.4. The van der Waals surface area contributed by atoms with Crippen molar-refractivity contribution in [1.82, 2.24) is 0 Å². The lowest BCUT2D eigenvalue weighted by Gasteiger charge is -2.23. The predicted octanol–water partition coefficient (Wildman–Crippen LogP) is 10.3. The van der Waals surface area contributed by atoms with Gasteiger partial charge in [0.05, 0.1) is 26.4 Å². The van der Waals surface area contributed by atoms with E-state index in [0.717, 1.165) is 84.0 Å². The summed E-state index contributed by atoms with van der Waals surface area (Å²) in [5.41, 5.74) is 2.11. The van der Waals surface area contributed by atoms with Gasteiger partial charge in [-0.15, -0.1) is 13.2 Å². The predicted molar refractivity (Wildman–Crippen MR) is 210 cm³/mol. The molecule has 8 heteroatoms. The number of unbranched alkanes of at least 4 members (excludes halogenated alkanes) is 8. The van der Waals surface area contributed by atoms with Gasteiger partial charge in [-0.3, -0.25) is 9.59 Å². The van der Waals surface area contributed by atoms with Gasteiger partial charge in [0.2, 0.25) is 0 Å². The van der Waals surface area contributed by atoms with Crippen molar-refractivity contribution in [1.29, 1.82) is 0 Å². The van der Waals surface area contributed by atoms with E-state index in [2.05, 4.69) is 39.1 Å². The van der Waals surface area contributed by atoms with Crippen LogP contribution >= 0.6 is 0 Å². The molecule has 0 fully saturated rings. The zero-order valence-corrected chi connectivity index (χ0v) is 32.2. The highest BCUT2D eigenvalue weighted by atomic mass is 16.6. The number of rotatable bonds is 28. The quantitative estimate of drug-likeness (QED) is 0.0317. The lowest BCUT2D eigenvalue weighted by atomic mass is 9.97. The van der Waals surface area contributed by atoms with Crippen molar-refractivity contribution >= 4 is 33.5 Å². The molecule has 3 aromatic rings. The molecule has 0 aliphatic rings. The molecule has 0 aliphatic carbocycles. The summed E-state index contributed by atoms with van der Waals surface area (Å²) in [5.74, 6) is 0.846. The van der Waals surface area contributed by atoms with Crippen molar-refractivity contribution in [2.75, 3.05) is 39.6 Å². The molecular formula is C44H62O8. The van der Waals surface area contributed by atoms with Crippen LogP contribution in [0.1, 0.15) is 102 Å². The van der Waals surface area contributed by atoms with Crippen molar-refractivity contribution in [3.8, 4) is 11.5 Å². The van der Waals surface area contributed by atoms with E-state index >= 15 is 0 Å². The van der Waals surface area contributed by atoms with Crippen LogP contribution in [0.15, 0.2) is 61.7 Å². The number of esters is 2. The highest BCUT2D eigenvalue weighted by molar-refractivity contribution is 6.11. The van der Waals surface area contributed by atoms with Gasteiger partial charge >= 0.3 is 11.9 Å². The molecule has 0 bridgehead atoms. The first-order valence-corrected chi connectivity index (χ1v) is 19.3. The number of hydrogen-bond donors (Lipinski definition) is 0. The summed E-state index contributed by atoms with van der Waals surface area (Å²) in [6, 6.07) is 12.3. The van der Waals surface area contributed by atoms with Crippen molar-refractivity contribution in [3.63, 3.8) is 0 Å². The Kier molecular flexibility index (Phi) is 19.9. The molecule has 0 radical (unpaired) electrons. The molecular weight excluding hydrogens is 656 g/mol. The van der Waals surface area contributed by atoms with Crippen molar-refractivity contribution in [3.05, 3.63) is 72.8 Å². The van der Waals surface area contributed by atoms with E-state index in [1.165, 1.54) is 12.8 Å². The Bertz CT molecular complexity index is 1430. The molecule has 3 rings (SSSR count). The number of carbonyl (C=O) groups is 2. The second-order valence-electron chi connectivity index (χ2n) is 13.6. The Hall–Kier alpha value is -3.88. The number of hydrogen-bond acceptors (Lipinski definition) is 8. The third kappa shape index (κ3) is 14.6. The number of benzene rings is 3. The van der Waals surface area contributed by atoms with E-state index in [4.69, 9.17) is 28.4 Å². The molecule has 286 valence electrons. The molecule has 0 amide bonds. The molecule has 0 N–H and O–H groups in total. The zero-order valence-electron chi connectivity index (χ0n) is 32.2. The smallest absolute Gasteiger partial charge is 0.306 e. The molecule has 0 aliphatic heterocycles. The monoisotopic (exact) mass is 718 g/mol. The first kappa shape index (κ1) is 42.5. The Balaban J connectivity index is 1.88. The van der Waals surface area contributed by atoms with Crippen LogP contribution in [0.5, 0.6) is 11.5 Å². The van der Waals surface area contributed by atoms with Gasteiger partial charge in [0.15, 0.2) is 12.2 Å². The molecule has 3 aromatic carbocycles. The van der Waals surface area contributed by atoms with E-state index in [1.54, 1.807) is 12.2 Å². The van der Waals surface area contributed by atoms with Crippen molar-refractivity contribution in [2.45, 2.75) is 117 Å². The molecule has 0 saturated carbocycles. The molecule has 0 aromatic heterocycles. The maximum Gasteiger partial charge on any atom is 0.306 e. The summed E-state index contributed by atoms with van der Waals surface area (Å²) in [4.78, 5) is 25.7. The Morgan fingerprint density at radius 3 is 1.37 bits per heavy atom. The molecule has 0 saturated heterocycles. The highest BCUT2D eigenvalue weighted by Gasteiger charge is 2.23. The maximum atomic E-state index is 12.8. The number of ether oxygens (including phenoxy) is 6. The first-order valence-electron chi connectivity index (χ1n) is 19.3. The molecule has 0 heterocycles. The second-order valence-corrected chi connectivity index (χ2v) is 13.6. The van der Waals surface area contributed by atoms with Crippen LogP contribution in [0.2, 0.25) is 0 Å². The summed E-state index contributed by atoms with van der Waals surface area (Å²) in [6.45, 7) is 17.2. The van der Waals surface area contributed by atoms with E-state index in [1.807, 2.05) is 38.1 Å². The number of fused-ring (bicyclic) bond motifs is 2. The molecule has 0 spiro atoms. The number of carbonyl (C=O) groups excluding carboxylic acids is 2. The van der Waals surface area contributed by atoms with Crippen LogP contribution in [0, 0.1) is 13.8 Å². The zero-order chi connectivity index (χ0) is 37.6. The molecule has 2 atom stereocenters. The lowest BCUT2D eigenvalue weighted by Crippen LogP contribution is -2.30. The summed E-state index contributed by atoms with van der Waals surface area (Å²) in [7, 11) is 0. The van der Waals surface area contributed by atoms with Crippen LogP contribution in [0.25, 0.3) is 21.5 Å². The van der Waals surface area contributed by atoms with E-state index < -0.39 is 12.2 Å². The van der Waals surface area contributed by atoms with Crippen molar-refractivity contribution < 1.29 is 38.0 Å². The second kappa shape index (κ2) is 24.4.